The minimum Gasteiger partial charge on any atom is -0.308 e. The largest absolute Gasteiger partial charge is 0.308 e. The maximum absolute atomic E-state index is 5.41. The van der Waals surface area contributed by atoms with Gasteiger partial charge in [0, 0.05) is 13.1 Å². The fourth-order valence-corrected chi connectivity index (χ4v) is 0.619. The van der Waals surface area contributed by atoms with Gasteiger partial charge in [0.2, 0.25) is 0 Å². The standard InChI is InChI=1S/C5H10N6/c1-11(7)5-2-4(10-6)8-3-9-5/h2-3H,6-7H2,1H3,(H,8,9,10). The lowest BCUT2D eigenvalue weighted by atomic mass is 10.5. The van der Waals surface area contributed by atoms with Crippen LogP contribution in [0, 0.1) is 0 Å². The number of nitrogen functional groups attached to an aromatic ring is 1. The maximum atomic E-state index is 5.41. The third-order valence-electron chi connectivity index (χ3n) is 1.16. The van der Waals surface area contributed by atoms with Crippen molar-refractivity contribution >= 4 is 11.6 Å². The molecular formula is C5H10N6. The van der Waals surface area contributed by atoms with Crippen LogP contribution >= 0.6 is 0 Å². The molecular weight excluding hydrogens is 144 g/mol. The average molecular weight is 154 g/mol. The van der Waals surface area contributed by atoms with Gasteiger partial charge in [0.05, 0.1) is 0 Å². The summed E-state index contributed by atoms with van der Waals surface area (Å²) >= 11 is 0. The van der Waals surface area contributed by atoms with Crippen molar-refractivity contribution in [3.63, 3.8) is 0 Å². The van der Waals surface area contributed by atoms with Crippen molar-refractivity contribution in [3.05, 3.63) is 12.4 Å². The van der Waals surface area contributed by atoms with Crippen LogP contribution in [0.2, 0.25) is 0 Å². The summed E-state index contributed by atoms with van der Waals surface area (Å²) in [6, 6.07) is 1.64. The van der Waals surface area contributed by atoms with Crippen LogP contribution in [0.3, 0.4) is 0 Å². The van der Waals surface area contributed by atoms with Gasteiger partial charge in [-0.05, 0) is 0 Å². The molecule has 0 spiro atoms. The molecule has 0 aromatic carbocycles. The lowest BCUT2D eigenvalue weighted by Gasteiger charge is -2.10. The Morgan fingerprint density at radius 3 is 2.82 bits per heavy atom. The first kappa shape index (κ1) is 7.70. The number of hydrazine groups is 2. The highest BCUT2D eigenvalue weighted by molar-refractivity contribution is 5.45. The molecule has 6 nitrogen and oxygen atoms in total. The van der Waals surface area contributed by atoms with Crippen LogP contribution in [-0.4, -0.2) is 17.0 Å². The van der Waals surface area contributed by atoms with E-state index in [0.717, 1.165) is 0 Å². The van der Waals surface area contributed by atoms with Gasteiger partial charge in [-0.15, -0.1) is 0 Å². The van der Waals surface area contributed by atoms with E-state index in [1.54, 1.807) is 13.1 Å². The van der Waals surface area contributed by atoms with E-state index in [-0.39, 0.29) is 0 Å². The first-order chi connectivity index (χ1) is 5.24. The molecule has 1 heterocycles. The minimum atomic E-state index is 0.535. The molecule has 0 atom stereocenters. The highest BCUT2D eigenvalue weighted by atomic mass is 15.4. The van der Waals surface area contributed by atoms with Crippen molar-refractivity contribution in [3.8, 4) is 0 Å². The normalized spacial score (nSPS) is 9.36. The summed E-state index contributed by atoms with van der Waals surface area (Å²) in [5.74, 6) is 11.7. The Bertz CT molecular complexity index is 234. The molecule has 0 aliphatic carbocycles. The van der Waals surface area contributed by atoms with Gasteiger partial charge >= 0.3 is 0 Å². The third-order valence-corrected chi connectivity index (χ3v) is 1.16. The van der Waals surface area contributed by atoms with E-state index in [1.807, 2.05) is 0 Å². The predicted molar refractivity (Wildman–Crippen MR) is 42.4 cm³/mol. The molecule has 60 valence electrons. The number of hydrogen-bond acceptors (Lipinski definition) is 6. The van der Waals surface area contributed by atoms with Gasteiger partial charge in [-0.3, -0.25) is 5.01 Å². The molecule has 0 saturated heterocycles. The second-order valence-electron chi connectivity index (χ2n) is 2.02. The van der Waals surface area contributed by atoms with Crippen molar-refractivity contribution in [2.24, 2.45) is 11.7 Å². The van der Waals surface area contributed by atoms with Crippen LogP contribution in [0.1, 0.15) is 0 Å². The van der Waals surface area contributed by atoms with E-state index >= 15 is 0 Å². The molecule has 11 heavy (non-hydrogen) atoms. The first-order valence-corrected chi connectivity index (χ1v) is 3.01. The number of rotatable bonds is 2. The number of nitrogens with two attached hydrogens (primary N) is 2. The average Bonchev–Trinajstić information content (AvgIpc) is 2.05. The van der Waals surface area contributed by atoms with Crippen LogP contribution in [0.5, 0.6) is 0 Å². The van der Waals surface area contributed by atoms with Gasteiger partial charge in [0.25, 0.3) is 0 Å². The number of aromatic nitrogens is 2. The predicted octanol–water partition coefficient (Wildman–Crippen LogP) is -0.928. The fraction of sp³-hybridized carbons (Fsp3) is 0.200. The monoisotopic (exact) mass is 154 g/mol. The SMILES string of the molecule is CN(N)c1cc(NN)ncn1. The Morgan fingerprint density at radius 2 is 2.27 bits per heavy atom. The summed E-state index contributed by atoms with van der Waals surface area (Å²) in [6.45, 7) is 0. The Hall–Kier alpha value is -1.40. The summed E-state index contributed by atoms with van der Waals surface area (Å²) < 4.78 is 0. The molecule has 0 unspecified atom stereocenters. The van der Waals surface area contributed by atoms with Gasteiger partial charge in [0.15, 0.2) is 0 Å². The summed E-state index contributed by atoms with van der Waals surface area (Å²) in [4.78, 5) is 7.69. The van der Waals surface area contributed by atoms with Gasteiger partial charge in [0.1, 0.15) is 18.0 Å². The number of nitrogens with zero attached hydrogens (tertiary/aromatic N) is 3. The van der Waals surface area contributed by atoms with E-state index in [2.05, 4.69) is 15.4 Å². The molecule has 6 heteroatoms. The topological polar surface area (TPSA) is 93.1 Å². The van der Waals surface area contributed by atoms with Crippen molar-refractivity contribution in [2.45, 2.75) is 0 Å². The van der Waals surface area contributed by atoms with Crippen molar-refractivity contribution in [1.82, 2.24) is 9.97 Å². The molecule has 0 fully saturated rings. The molecule has 0 amide bonds. The molecule has 0 saturated carbocycles. The molecule has 1 rings (SSSR count). The van der Waals surface area contributed by atoms with Crippen LogP contribution in [0.15, 0.2) is 12.4 Å². The fourth-order valence-electron chi connectivity index (χ4n) is 0.619. The van der Waals surface area contributed by atoms with Gasteiger partial charge in [-0.2, -0.15) is 0 Å². The Balaban J connectivity index is 2.91. The minimum absolute atomic E-state index is 0.535. The van der Waals surface area contributed by atoms with Crippen LogP contribution < -0.4 is 22.1 Å². The van der Waals surface area contributed by atoms with E-state index in [9.17, 15) is 0 Å². The van der Waals surface area contributed by atoms with Crippen LogP contribution in [0.25, 0.3) is 0 Å². The number of anilines is 2. The smallest absolute Gasteiger partial charge is 0.147 e. The lowest BCUT2D eigenvalue weighted by molar-refractivity contribution is 0.961. The highest BCUT2D eigenvalue weighted by Gasteiger charge is 1.97. The zero-order valence-corrected chi connectivity index (χ0v) is 6.15. The molecule has 0 radical (unpaired) electrons. The zero-order chi connectivity index (χ0) is 8.27. The Kier molecular flexibility index (Phi) is 2.19. The first-order valence-electron chi connectivity index (χ1n) is 3.01. The Labute approximate surface area is 64.2 Å². The number of nitrogens with one attached hydrogen (secondary N) is 1. The molecule has 0 bridgehead atoms. The second-order valence-corrected chi connectivity index (χ2v) is 2.02. The molecule has 0 aliphatic heterocycles. The summed E-state index contributed by atoms with van der Waals surface area (Å²) in [5.41, 5.74) is 2.39. The third kappa shape index (κ3) is 1.76. The number of hydrogen-bond donors (Lipinski definition) is 3. The summed E-state index contributed by atoms with van der Waals surface area (Å²) in [5, 5.41) is 1.38. The molecule has 1 aromatic heterocycles. The molecule has 0 aliphatic rings. The van der Waals surface area contributed by atoms with Gasteiger partial charge in [-0.1, -0.05) is 0 Å². The highest BCUT2D eigenvalue weighted by Crippen LogP contribution is 2.07. The second kappa shape index (κ2) is 3.13. The summed E-state index contributed by atoms with van der Waals surface area (Å²) in [7, 11) is 1.68. The van der Waals surface area contributed by atoms with Crippen molar-refractivity contribution in [1.29, 1.82) is 0 Å². The van der Waals surface area contributed by atoms with E-state index < -0.39 is 0 Å². The zero-order valence-electron chi connectivity index (χ0n) is 6.15. The molecule has 1 aromatic rings. The van der Waals surface area contributed by atoms with E-state index in [4.69, 9.17) is 11.7 Å². The lowest BCUT2D eigenvalue weighted by Crippen LogP contribution is -2.26. The maximum Gasteiger partial charge on any atom is 0.147 e. The van der Waals surface area contributed by atoms with Gasteiger partial charge < -0.3 is 5.43 Å². The van der Waals surface area contributed by atoms with Crippen LogP contribution in [-0.2, 0) is 0 Å². The van der Waals surface area contributed by atoms with E-state index in [1.165, 1.54) is 11.3 Å². The van der Waals surface area contributed by atoms with Crippen molar-refractivity contribution in [2.75, 3.05) is 17.5 Å². The van der Waals surface area contributed by atoms with Crippen molar-refractivity contribution < 1.29 is 0 Å². The van der Waals surface area contributed by atoms with Crippen LogP contribution in [0.4, 0.5) is 11.6 Å². The van der Waals surface area contributed by atoms with E-state index in [0.29, 0.717) is 11.6 Å². The Morgan fingerprint density at radius 1 is 1.55 bits per heavy atom. The summed E-state index contributed by atoms with van der Waals surface area (Å²) in [6.07, 6.45) is 1.38. The quantitative estimate of drug-likeness (QED) is 0.376. The van der Waals surface area contributed by atoms with Gasteiger partial charge in [-0.25, -0.2) is 21.7 Å². The molecule has 5 N–H and O–H groups in total.